The lowest BCUT2D eigenvalue weighted by Crippen LogP contribution is -2.18. The standard InChI is InChI=1S/C13H15BrN2O/c1-15-12(6-8-17)10-4-5-11(14)9-3-2-7-16-13(9)10/h2-5,7,12,15,17H,6,8H2,1H3. The molecule has 0 aliphatic carbocycles. The summed E-state index contributed by atoms with van der Waals surface area (Å²) in [4.78, 5) is 4.44. The van der Waals surface area contributed by atoms with Crippen molar-refractivity contribution in [1.82, 2.24) is 10.3 Å². The van der Waals surface area contributed by atoms with Crippen molar-refractivity contribution < 1.29 is 5.11 Å². The van der Waals surface area contributed by atoms with E-state index in [2.05, 4.69) is 32.3 Å². The molecule has 90 valence electrons. The fourth-order valence-corrected chi connectivity index (χ4v) is 2.48. The van der Waals surface area contributed by atoms with Crippen molar-refractivity contribution in [3.05, 3.63) is 40.5 Å². The molecule has 0 aliphatic rings. The van der Waals surface area contributed by atoms with Crippen molar-refractivity contribution in [2.24, 2.45) is 0 Å². The molecule has 4 heteroatoms. The monoisotopic (exact) mass is 294 g/mol. The Kier molecular flexibility index (Phi) is 4.10. The molecule has 1 unspecified atom stereocenters. The molecule has 0 saturated carbocycles. The number of nitrogens with zero attached hydrogens (tertiary/aromatic N) is 1. The van der Waals surface area contributed by atoms with E-state index in [1.54, 1.807) is 6.20 Å². The van der Waals surface area contributed by atoms with Gasteiger partial charge < -0.3 is 10.4 Å². The highest BCUT2D eigenvalue weighted by Gasteiger charge is 2.13. The van der Waals surface area contributed by atoms with E-state index in [1.807, 2.05) is 25.2 Å². The summed E-state index contributed by atoms with van der Waals surface area (Å²) in [6, 6.07) is 8.18. The second-order valence-corrected chi connectivity index (χ2v) is 4.74. The first kappa shape index (κ1) is 12.5. The van der Waals surface area contributed by atoms with Gasteiger partial charge in [-0.2, -0.15) is 0 Å². The molecule has 3 nitrogen and oxygen atoms in total. The minimum Gasteiger partial charge on any atom is -0.396 e. The van der Waals surface area contributed by atoms with Crippen molar-refractivity contribution >= 4 is 26.8 Å². The van der Waals surface area contributed by atoms with Crippen molar-refractivity contribution in [1.29, 1.82) is 0 Å². The van der Waals surface area contributed by atoms with Crippen molar-refractivity contribution in [2.45, 2.75) is 12.5 Å². The molecular formula is C13H15BrN2O. The number of rotatable bonds is 4. The third-order valence-corrected chi connectivity index (χ3v) is 3.58. The van der Waals surface area contributed by atoms with E-state index in [-0.39, 0.29) is 12.6 Å². The Morgan fingerprint density at radius 3 is 2.94 bits per heavy atom. The maximum Gasteiger partial charge on any atom is 0.0761 e. The fraction of sp³-hybridized carbons (Fsp3) is 0.308. The lowest BCUT2D eigenvalue weighted by Gasteiger charge is -2.17. The second-order valence-electron chi connectivity index (χ2n) is 3.89. The van der Waals surface area contributed by atoms with Crippen LogP contribution in [0.2, 0.25) is 0 Å². The fourth-order valence-electron chi connectivity index (χ4n) is 2.03. The first-order valence-corrected chi connectivity index (χ1v) is 6.38. The van der Waals surface area contributed by atoms with Crippen molar-refractivity contribution in [3.63, 3.8) is 0 Å². The Morgan fingerprint density at radius 1 is 1.41 bits per heavy atom. The van der Waals surface area contributed by atoms with E-state index >= 15 is 0 Å². The van der Waals surface area contributed by atoms with Gasteiger partial charge in [-0.3, -0.25) is 4.98 Å². The highest BCUT2D eigenvalue weighted by Crippen LogP contribution is 2.29. The molecule has 1 aromatic carbocycles. The Bertz CT molecular complexity index is 516. The van der Waals surface area contributed by atoms with Crippen LogP contribution in [-0.4, -0.2) is 23.7 Å². The highest BCUT2D eigenvalue weighted by atomic mass is 79.9. The van der Waals surface area contributed by atoms with Gasteiger partial charge in [0.25, 0.3) is 0 Å². The van der Waals surface area contributed by atoms with Crippen molar-refractivity contribution in [2.75, 3.05) is 13.7 Å². The van der Waals surface area contributed by atoms with Gasteiger partial charge in [-0.15, -0.1) is 0 Å². The highest BCUT2D eigenvalue weighted by molar-refractivity contribution is 9.10. The number of fused-ring (bicyclic) bond motifs is 1. The van der Waals surface area contributed by atoms with Crippen LogP contribution in [0.15, 0.2) is 34.9 Å². The summed E-state index contributed by atoms with van der Waals surface area (Å²) in [7, 11) is 1.90. The summed E-state index contributed by atoms with van der Waals surface area (Å²) >= 11 is 3.53. The average Bonchev–Trinajstić information content (AvgIpc) is 2.37. The molecule has 2 aromatic rings. The van der Waals surface area contributed by atoms with E-state index in [4.69, 9.17) is 5.11 Å². The quantitative estimate of drug-likeness (QED) is 0.911. The molecule has 0 amide bonds. The Labute approximate surface area is 109 Å². The summed E-state index contributed by atoms with van der Waals surface area (Å²) in [5.41, 5.74) is 2.11. The number of benzene rings is 1. The molecule has 0 spiro atoms. The van der Waals surface area contributed by atoms with Crippen LogP contribution < -0.4 is 5.32 Å². The van der Waals surface area contributed by atoms with Crippen LogP contribution in [0.1, 0.15) is 18.0 Å². The molecule has 0 aliphatic heterocycles. The summed E-state index contributed by atoms with van der Waals surface area (Å²) in [6.45, 7) is 0.163. The summed E-state index contributed by atoms with van der Waals surface area (Å²) in [6.07, 6.45) is 2.48. The number of aromatic nitrogens is 1. The van der Waals surface area contributed by atoms with Gasteiger partial charge in [-0.05, 0) is 31.2 Å². The minimum absolute atomic E-state index is 0.130. The minimum atomic E-state index is 0.130. The van der Waals surface area contributed by atoms with Crippen LogP contribution in [-0.2, 0) is 0 Å². The number of hydrogen-bond acceptors (Lipinski definition) is 3. The Morgan fingerprint density at radius 2 is 2.24 bits per heavy atom. The number of halogens is 1. The van der Waals surface area contributed by atoms with E-state index < -0.39 is 0 Å². The molecule has 1 atom stereocenters. The molecule has 17 heavy (non-hydrogen) atoms. The first-order valence-electron chi connectivity index (χ1n) is 5.59. The summed E-state index contributed by atoms with van der Waals surface area (Å²) in [5, 5.41) is 13.4. The maximum absolute atomic E-state index is 9.09. The molecule has 2 N–H and O–H groups in total. The predicted molar refractivity (Wildman–Crippen MR) is 72.9 cm³/mol. The number of hydrogen-bond donors (Lipinski definition) is 2. The predicted octanol–water partition coefficient (Wildman–Crippen LogP) is 2.64. The normalized spacial score (nSPS) is 12.9. The van der Waals surface area contributed by atoms with E-state index in [0.717, 1.165) is 20.9 Å². The Hall–Kier alpha value is -0.970. The molecule has 0 bridgehead atoms. The third kappa shape index (κ3) is 2.49. The van der Waals surface area contributed by atoms with Gasteiger partial charge >= 0.3 is 0 Å². The van der Waals surface area contributed by atoms with Gasteiger partial charge in [0.05, 0.1) is 5.52 Å². The lowest BCUT2D eigenvalue weighted by atomic mass is 10.0. The van der Waals surface area contributed by atoms with Gasteiger partial charge in [-0.25, -0.2) is 0 Å². The van der Waals surface area contributed by atoms with Crippen LogP contribution in [0, 0.1) is 0 Å². The zero-order valence-corrected chi connectivity index (χ0v) is 11.2. The van der Waals surface area contributed by atoms with Gasteiger partial charge in [0.1, 0.15) is 0 Å². The topological polar surface area (TPSA) is 45.1 Å². The molecule has 0 radical (unpaired) electrons. The van der Waals surface area contributed by atoms with E-state index in [9.17, 15) is 0 Å². The van der Waals surface area contributed by atoms with Crippen molar-refractivity contribution in [3.8, 4) is 0 Å². The summed E-state index contributed by atoms with van der Waals surface area (Å²) < 4.78 is 1.04. The van der Waals surface area contributed by atoms with Crippen LogP contribution in [0.4, 0.5) is 0 Å². The van der Waals surface area contributed by atoms with Gasteiger partial charge in [0, 0.05) is 28.7 Å². The van der Waals surface area contributed by atoms with Gasteiger partial charge in [0.15, 0.2) is 0 Å². The molecule has 0 saturated heterocycles. The Balaban J connectivity index is 2.57. The van der Waals surface area contributed by atoms with Crippen LogP contribution in [0.25, 0.3) is 10.9 Å². The maximum atomic E-state index is 9.09. The van der Waals surface area contributed by atoms with Crippen LogP contribution in [0.3, 0.4) is 0 Å². The van der Waals surface area contributed by atoms with E-state index in [1.165, 1.54) is 0 Å². The smallest absolute Gasteiger partial charge is 0.0761 e. The average molecular weight is 295 g/mol. The first-order chi connectivity index (χ1) is 8.27. The van der Waals surface area contributed by atoms with Gasteiger partial charge in [-0.1, -0.05) is 28.1 Å². The molecule has 2 rings (SSSR count). The largest absolute Gasteiger partial charge is 0.396 e. The zero-order valence-electron chi connectivity index (χ0n) is 9.65. The second kappa shape index (κ2) is 5.58. The number of pyridine rings is 1. The lowest BCUT2D eigenvalue weighted by molar-refractivity contribution is 0.269. The molecule has 1 aromatic heterocycles. The molecular weight excluding hydrogens is 280 g/mol. The number of aliphatic hydroxyl groups excluding tert-OH is 1. The number of aliphatic hydroxyl groups is 1. The van der Waals surface area contributed by atoms with Gasteiger partial charge in [0.2, 0.25) is 0 Å². The van der Waals surface area contributed by atoms with E-state index in [0.29, 0.717) is 6.42 Å². The number of nitrogens with one attached hydrogen (secondary N) is 1. The zero-order chi connectivity index (χ0) is 12.3. The molecule has 0 fully saturated rings. The third-order valence-electron chi connectivity index (χ3n) is 2.89. The van der Waals surface area contributed by atoms with Crippen LogP contribution in [0.5, 0.6) is 0 Å². The SMILES string of the molecule is CNC(CCO)c1ccc(Br)c2cccnc12. The summed E-state index contributed by atoms with van der Waals surface area (Å²) in [5.74, 6) is 0. The van der Waals surface area contributed by atoms with Crippen LogP contribution >= 0.6 is 15.9 Å². The molecule has 1 heterocycles.